The number of hydrogen-bond acceptors (Lipinski definition) is 4. The van der Waals surface area contributed by atoms with Gasteiger partial charge in [0.1, 0.15) is 0 Å². The summed E-state index contributed by atoms with van der Waals surface area (Å²) in [6.07, 6.45) is 1.12. The van der Waals surface area contributed by atoms with Crippen LogP contribution in [0.3, 0.4) is 0 Å². The summed E-state index contributed by atoms with van der Waals surface area (Å²) in [5, 5.41) is 11.9. The summed E-state index contributed by atoms with van der Waals surface area (Å²) in [5.74, 6) is 0.590. The number of β-amino-alcohol motifs (C(OH)–C–C–N with tert-alkyl or cyclic N) is 1. The minimum absolute atomic E-state index is 0.0388. The number of nitrogens with zero attached hydrogens (tertiary/aromatic N) is 2. The Bertz CT molecular complexity index is 482. The lowest BCUT2D eigenvalue weighted by atomic mass is 9.99. The van der Waals surface area contributed by atoms with E-state index in [0.29, 0.717) is 12.5 Å². The lowest BCUT2D eigenvalue weighted by Crippen LogP contribution is -2.49. The quantitative estimate of drug-likeness (QED) is 0.804. The van der Waals surface area contributed by atoms with Crippen molar-refractivity contribution in [2.45, 2.75) is 26.2 Å². The maximum Gasteiger partial charge on any atom is 0.238 e. The standard InChI is InChI=1S/C18H29N3O2/c1-3-15(2)16-4-6-17(7-5-16)19-18(23)14-21-10-8-20(9-11-21)12-13-22/h4-7,15,22H,3,8-14H2,1-2H3,(H,19,23). The van der Waals surface area contributed by atoms with Gasteiger partial charge >= 0.3 is 0 Å². The number of piperazine rings is 1. The van der Waals surface area contributed by atoms with Crippen molar-refractivity contribution in [1.82, 2.24) is 9.80 Å². The molecule has 2 N–H and O–H groups in total. The van der Waals surface area contributed by atoms with Crippen LogP contribution in [0.15, 0.2) is 24.3 Å². The van der Waals surface area contributed by atoms with E-state index in [2.05, 4.69) is 41.1 Å². The zero-order chi connectivity index (χ0) is 16.7. The average molecular weight is 319 g/mol. The Hall–Kier alpha value is -1.43. The van der Waals surface area contributed by atoms with Crippen LogP contribution in [-0.2, 0) is 4.79 Å². The van der Waals surface area contributed by atoms with Gasteiger partial charge in [-0.2, -0.15) is 0 Å². The molecule has 1 amide bonds. The number of carbonyl (C=O) groups excluding carboxylic acids is 1. The highest BCUT2D eigenvalue weighted by atomic mass is 16.3. The molecule has 5 heteroatoms. The third-order valence-corrected chi connectivity index (χ3v) is 4.62. The molecule has 1 fully saturated rings. The number of rotatable bonds is 7. The fourth-order valence-electron chi connectivity index (χ4n) is 2.85. The minimum Gasteiger partial charge on any atom is -0.395 e. The van der Waals surface area contributed by atoms with Crippen molar-refractivity contribution in [2.75, 3.05) is 51.2 Å². The molecule has 1 aromatic rings. The molecule has 0 saturated carbocycles. The molecule has 5 nitrogen and oxygen atoms in total. The van der Waals surface area contributed by atoms with Gasteiger partial charge in [0.2, 0.25) is 5.91 Å². The van der Waals surface area contributed by atoms with Crippen LogP contribution in [-0.4, -0.2) is 66.7 Å². The minimum atomic E-state index is 0.0388. The van der Waals surface area contributed by atoms with Crippen molar-refractivity contribution in [3.63, 3.8) is 0 Å². The Morgan fingerprint density at radius 2 is 1.78 bits per heavy atom. The topological polar surface area (TPSA) is 55.8 Å². The monoisotopic (exact) mass is 319 g/mol. The highest BCUT2D eigenvalue weighted by Gasteiger charge is 2.18. The summed E-state index contributed by atoms with van der Waals surface area (Å²) in [6, 6.07) is 8.16. The highest BCUT2D eigenvalue weighted by Crippen LogP contribution is 2.20. The van der Waals surface area contributed by atoms with E-state index in [1.807, 2.05) is 12.1 Å². The summed E-state index contributed by atoms with van der Waals surface area (Å²) in [5.41, 5.74) is 2.17. The van der Waals surface area contributed by atoms with Gasteiger partial charge in [-0.05, 0) is 30.0 Å². The van der Waals surface area contributed by atoms with Gasteiger partial charge in [-0.3, -0.25) is 14.6 Å². The van der Waals surface area contributed by atoms with Gasteiger partial charge in [0.05, 0.1) is 13.2 Å². The van der Waals surface area contributed by atoms with Crippen molar-refractivity contribution in [3.8, 4) is 0 Å². The molecule has 0 aliphatic carbocycles. The lowest BCUT2D eigenvalue weighted by molar-refractivity contribution is -0.117. The van der Waals surface area contributed by atoms with Gasteiger partial charge in [0, 0.05) is 38.4 Å². The number of benzene rings is 1. The maximum atomic E-state index is 12.2. The van der Waals surface area contributed by atoms with Gasteiger partial charge in [-0.1, -0.05) is 26.0 Å². The van der Waals surface area contributed by atoms with E-state index in [0.717, 1.165) is 44.8 Å². The molecular formula is C18H29N3O2. The fourth-order valence-corrected chi connectivity index (χ4v) is 2.85. The molecule has 23 heavy (non-hydrogen) atoms. The first kappa shape index (κ1) is 17.9. The highest BCUT2D eigenvalue weighted by molar-refractivity contribution is 5.92. The van der Waals surface area contributed by atoms with E-state index in [-0.39, 0.29) is 12.5 Å². The predicted octanol–water partition coefficient (Wildman–Crippen LogP) is 1.75. The van der Waals surface area contributed by atoms with E-state index < -0.39 is 0 Å². The van der Waals surface area contributed by atoms with Crippen molar-refractivity contribution < 1.29 is 9.90 Å². The Morgan fingerprint density at radius 1 is 1.17 bits per heavy atom. The molecule has 2 rings (SSSR count). The first-order valence-electron chi connectivity index (χ1n) is 8.57. The molecule has 1 heterocycles. The first-order chi connectivity index (χ1) is 11.1. The number of hydrogen-bond donors (Lipinski definition) is 2. The summed E-state index contributed by atoms with van der Waals surface area (Å²) in [4.78, 5) is 16.5. The molecular weight excluding hydrogens is 290 g/mol. The summed E-state index contributed by atoms with van der Waals surface area (Å²) < 4.78 is 0. The third-order valence-electron chi connectivity index (χ3n) is 4.62. The number of carbonyl (C=O) groups is 1. The zero-order valence-corrected chi connectivity index (χ0v) is 14.3. The maximum absolute atomic E-state index is 12.2. The number of anilines is 1. The molecule has 0 bridgehead atoms. The average Bonchev–Trinajstić information content (AvgIpc) is 2.57. The van der Waals surface area contributed by atoms with Gasteiger partial charge in [-0.15, -0.1) is 0 Å². The number of nitrogens with one attached hydrogen (secondary N) is 1. The van der Waals surface area contributed by atoms with Crippen molar-refractivity contribution in [3.05, 3.63) is 29.8 Å². The van der Waals surface area contributed by atoms with Crippen LogP contribution in [0.25, 0.3) is 0 Å². The van der Waals surface area contributed by atoms with Gasteiger partial charge in [0.25, 0.3) is 0 Å². The lowest BCUT2D eigenvalue weighted by Gasteiger charge is -2.33. The van der Waals surface area contributed by atoms with Crippen molar-refractivity contribution >= 4 is 11.6 Å². The van der Waals surface area contributed by atoms with Crippen LogP contribution in [0.5, 0.6) is 0 Å². The first-order valence-corrected chi connectivity index (χ1v) is 8.57. The molecule has 1 saturated heterocycles. The van der Waals surface area contributed by atoms with Crippen LogP contribution in [0.4, 0.5) is 5.69 Å². The third kappa shape index (κ3) is 5.61. The normalized spacial score (nSPS) is 17.9. The Morgan fingerprint density at radius 3 is 2.35 bits per heavy atom. The van der Waals surface area contributed by atoms with E-state index in [1.165, 1.54) is 5.56 Å². The summed E-state index contributed by atoms with van der Waals surface area (Å²) in [6.45, 7) is 9.33. The Labute approximate surface area is 139 Å². The SMILES string of the molecule is CCC(C)c1ccc(NC(=O)CN2CCN(CCO)CC2)cc1. The largest absolute Gasteiger partial charge is 0.395 e. The molecule has 1 aliphatic heterocycles. The number of aliphatic hydroxyl groups excluding tert-OH is 1. The van der Waals surface area contributed by atoms with Crippen LogP contribution in [0.2, 0.25) is 0 Å². The molecule has 0 aromatic heterocycles. The second kappa shape index (κ2) is 9.01. The molecule has 0 spiro atoms. The fraction of sp³-hybridized carbons (Fsp3) is 0.611. The summed E-state index contributed by atoms with van der Waals surface area (Å²) >= 11 is 0. The summed E-state index contributed by atoms with van der Waals surface area (Å²) in [7, 11) is 0. The zero-order valence-electron chi connectivity index (χ0n) is 14.3. The van der Waals surface area contributed by atoms with Gasteiger partial charge in [-0.25, -0.2) is 0 Å². The van der Waals surface area contributed by atoms with Crippen molar-refractivity contribution in [1.29, 1.82) is 0 Å². The number of aliphatic hydroxyl groups is 1. The van der Waals surface area contributed by atoms with E-state index in [9.17, 15) is 4.79 Å². The van der Waals surface area contributed by atoms with E-state index in [1.54, 1.807) is 0 Å². The van der Waals surface area contributed by atoms with Gasteiger partial charge < -0.3 is 10.4 Å². The number of amides is 1. The van der Waals surface area contributed by atoms with Crippen LogP contribution in [0, 0.1) is 0 Å². The van der Waals surface area contributed by atoms with E-state index >= 15 is 0 Å². The molecule has 1 atom stereocenters. The molecule has 1 unspecified atom stereocenters. The Balaban J connectivity index is 1.77. The van der Waals surface area contributed by atoms with Crippen LogP contribution < -0.4 is 5.32 Å². The van der Waals surface area contributed by atoms with Crippen molar-refractivity contribution in [2.24, 2.45) is 0 Å². The molecule has 128 valence electrons. The predicted molar refractivity (Wildman–Crippen MR) is 93.7 cm³/mol. The smallest absolute Gasteiger partial charge is 0.238 e. The second-order valence-corrected chi connectivity index (χ2v) is 6.32. The van der Waals surface area contributed by atoms with Gasteiger partial charge in [0.15, 0.2) is 0 Å². The van der Waals surface area contributed by atoms with Crippen LogP contribution in [0.1, 0.15) is 31.7 Å². The Kier molecular flexibility index (Phi) is 7.02. The molecule has 1 aliphatic rings. The van der Waals surface area contributed by atoms with Crippen LogP contribution >= 0.6 is 0 Å². The second-order valence-electron chi connectivity index (χ2n) is 6.32. The molecule has 1 aromatic carbocycles. The van der Waals surface area contributed by atoms with E-state index in [4.69, 9.17) is 5.11 Å². The molecule has 0 radical (unpaired) electrons.